The monoisotopic (exact) mass is 208 g/mol. The highest BCUT2D eigenvalue weighted by Gasteiger charge is 2.40. The van der Waals surface area contributed by atoms with E-state index in [0.717, 1.165) is 6.42 Å². The summed E-state index contributed by atoms with van der Waals surface area (Å²) in [5.41, 5.74) is 6.18. The zero-order valence-electron chi connectivity index (χ0n) is 8.09. The lowest BCUT2D eigenvalue weighted by molar-refractivity contribution is -0.385. The van der Waals surface area contributed by atoms with Crippen LogP contribution in [0.25, 0.3) is 0 Å². The van der Waals surface area contributed by atoms with Crippen molar-refractivity contribution in [3.8, 4) is 5.75 Å². The van der Waals surface area contributed by atoms with Gasteiger partial charge >= 0.3 is 0 Å². The zero-order valence-corrected chi connectivity index (χ0v) is 8.09. The second-order valence-corrected chi connectivity index (χ2v) is 3.84. The number of nitro groups is 1. The van der Waals surface area contributed by atoms with Crippen molar-refractivity contribution < 1.29 is 10.0 Å². The summed E-state index contributed by atoms with van der Waals surface area (Å²) >= 11 is 0. The van der Waals surface area contributed by atoms with Crippen LogP contribution in [-0.2, 0) is 0 Å². The van der Waals surface area contributed by atoms with Crippen molar-refractivity contribution in [3.05, 3.63) is 33.9 Å². The molecule has 0 heterocycles. The molecule has 1 aliphatic rings. The molecule has 1 aromatic carbocycles. The molecule has 3 N–H and O–H groups in total. The number of aromatic hydroxyl groups is 1. The molecule has 0 spiro atoms. The molecule has 80 valence electrons. The summed E-state index contributed by atoms with van der Waals surface area (Å²) < 4.78 is 0. The third kappa shape index (κ3) is 1.78. The molecule has 1 aliphatic carbocycles. The van der Waals surface area contributed by atoms with Crippen molar-refractivity contribution in [2.45, 2.75) is 12.3 Å². The van der Waals surface area contributed by atoms with Gasteiger partial charge in [0.05, 0.1) is 4.92 Å². The van der Waals surface area contributed by atoms with Gasteiger partial charge < -0.3 is 10.8 Å². The lowest BCUT2D eigenvalue weighted by atomic mass is 10.1. The topological polar surface area (TPSA) is 89.4 Å². The maximum absolute atomic E-state index is 10.8. The van der Waals surface area contributed by atoms with Gasteiger partial charge in [0.2, 0.25) is 0 Å². The van der Waals surface area contributed by atoms with Crippen LogP contribution in [0, 0.1) is 16.0 Å². The Balaban J connectivity index is 2.36. The lowest BCUT2D eigenvalue weighted by Crippen LogP contribution is -2.03. The van der Waals surface area contributed by atoms with Crippen LogP contribution < -0.4 is 5.73 Å². The molecule has 5 nitrogen and oxygen atoms in total. The Kier molecular flexibility index (Phi) is 2.32. The summed E-state index contributed by atoms with van der Waals surface area (Å²) in [6.07, 6.45) is 0.876. The Morgan fingerprint density at radius 3 is 2.87 bits per heavy atom. The first kappa shape index (κ1) is 9.92. The average molecular weight is 208 g/mol. The predicted molar refractivity (Wildman–Crippen MR) is 54.7 cm³/mol. The Labute approximate surface area is 86.7 Å². The largest absolute Gasteiger partial charge is 0.508 e. The smallest absolute Gasteiger partial charge is 0.273 e. The highest BCUT2D eigenvalue weighted by molar-refractivity contribution is 5.49. The number of rotatable bonds is 3. The maximum atomic E-state index is 10.8. The van der Waals surface area contributed by atoms with Crippen molar-refractivity contribution in [1.82, 2.24) is 0 Å². The van der Waals surface area contributed by atoms with Gasteiger partial charge in [-0.25, -0.2) is 0 Å². The molecular weight excluding hydrogens is 196 g/mol. The summed E-state index contributed by atoms with van der Waals surface area (Å²) in [4.78, 5) is 10.3. The Morgan fingerprint density at radius 2 is 2.33 bits per heavy atom. The fourth-order valence-corrected chi connectivity index (χ4v) is 1.89. The van der Waals surface area contributed by atoms with E-state index in [9.17, 15) is 15.2 Å². The molecule has 1 aromatic rings. The van der Waals surface area contributed by atoms with Gasteiger partial charge in [0.25, 0.3) is 5.69 Å². The quantitative estimate of drug-likeness (QED) is 0.579. The first-order valence-electron chi connectivity index (χ1n) is 4.81. The molecule has 2 rings (SSSR count). The molecule has 0 saturated heterocycles. The molecule has 0 aliphatic heterocycles. The zero-order chi connectivity index (χ0) is 11.0. The fourth-order valence-electron chi connectivity index (χ4n) is 1.89. The van der Waals surface area contributed by atoms with Gasteiger partial charge in [0, 0.05) is 11.6 Å². The minimum Gasteiger partial charge on any atom is -0.508 e. The molecule has 2 atom stereocenters. The van der Waals surface area contributed by atoms with Crippen molar-refractivity contribution >= 4 is 5.69 Å². The van der Waals surface area contributed by atoms with Crippen LogP contribution in [0.1, 0.15) is 17.9 Å². The third-order valence-corrected chi connectivity index (χ3v) is 2.83. The standard InChI is InChI=1S/C10H12N2O3/c11-5-6-3-8(6)9-4-7(13)1-2-10(9)12(14)15/h1-2,4,6,8,13H,3,5,11H2/t6-,8+/m0/s1. The van der Waals surface area contributed by atoms with Gasteiger partial charge in [-0.15, -0.1) is 0 Å². The molecule has 0 aromatic heterocycles. The van der Waals surface area contributed by atoms with Crippen LogP contribution in [0.4, 0.5) is 5.69 Å². The number of phenolic OH excluding ortho intramolecular Hbond substituents is 1. The van der Waals surface area contributed by atoms with Crippen molar-refractivity contribution in [2.24, 2.45) is 11.7 Å². The molecular formula is C10H12N2O3. The molecule has 0 radical (unpaired) electrons. The summed E-state index contributed by atoms with van der Waals surface area (Å²) in [6, 6.07) is 4.15. The average Bonchev–Trinajstić information content (AvgIpc) is 2.95. The number of nitro benzene ring substituents is 1. The second-order valence-electron chi connectivity index (χ2n) is 3.84. The summed E-state index contributed by atoms with van der Waals surface area (Å²) in [5.74, 6) is 0.534. The van der Waals surface area contributed by atoms with Gasteiger partial charge in [-0.1, -0.05) is 0 Å². The number of hydrogen-bond donors (Lipinski definition) is 2. The van der Waals surface area contributed by atoms with E-state index in [1.165, 1.54) is 18.2 Å². The molecule has 0 bridgehead atoms. The van der Waals surface area contributed by atoms with Crippen LogP contribution in [0.5, 0.6) is 5.75 Å². The van der Waals surface area contributed by atoms with Crippen LogP contribution in [0.3, 0.4) is 0 Å². The first-order valence-corrected chi connectivity index (χ1v) is 4.81. The van der Waals surface area contributed by atoms with E-state index in [2.05, 4.69) is 0 Å². The second kappa shape index (κ2) is 3.51. The van der Waals surface area contributed by atoms with Crippen LogP contribution in [0.2, 0.25) is 0 Å². The number of nitrogens with two attached hydrogens (primary N) is 1. The Morgan fingerprint density at radius 1 is 1.60 bits per heavy atom. The number of benzene rings is 1. The van der Waals surface area contributed by atoms with E-state index in [4.69, 9.17) is 5.73 Å². The summed E-state index contributed by atoms with van der Waals surface area (Å²) in [6.45, 7) is 0.539. The lowest BCUT2D eigenvalue weighted by Gasteiger charge is -2.02. The van der Waals surface area contributed by atoms with Gasteiger partial charge in [-0.05, 0) is 36.9 Å². The van der Waals surface area contributed by atoms with E-state index in [1.54, 1.807) is 0 Å². The molecule has 0 unspecified atom stereocenters. The van der Waals surface area contributed by atoms with Gasteiger partial charge in [0.1, 0.15) is 5.75 Å². The molecule has 1 saturated carbocycles. The molecule has 15 heavy (non-hydrogen) atoms. The van der Waals surface area contributed by atoms with E-state index in [-0.39, 0.29) is 17.4 Å². The SMILES string of the molecule is NC[C@@H]1C[C@H]1c1cc(O)ccc1[N+](=O)[O-]. The summed E-state index contributed by atoms with van der Waals surface area (Å²) in [7, 11) is 0. The van der Waals surface area contributed by atoms with Crippen LogP contribution in [0.15, 0.2) is 18.2 Å². The van der Waals surface area contributed by atoms with Gasteiger partial charge in [0.15, 0.2) is 0 Å². The van der Waals surface area contributed by atoms with E-state index in [1.807, 2.05) is 0 Å². The van der Waals surface area contributed by atoms with Gasteiger partial charge in [-0.2, -0.15) is 0 Å². The van der Waals surface area contributed by atoms with Crippen molar-refractivity contribution in [2.75, 3.05) is 6.54 Å². The van der Waals surface area contributed by atoms with E-state index < -0.39 is 4.92 Å². The number of hydrogen-bond acceptors (Lipinski definition) is 4. The third-order valence-electron chi connectivity index (χ3n) is 2.83. The van der Waals surface area contributed by atoms with Crippen LogP contribution >= 0.6 is 0 Å². The number of phenols is 1. The maximum Gasteiger partial charge on any atom is 0.273 e. The predicted octanol–water partition coefficient (Wildman–Crippen LogP) is 1.36. The van der Waals surface area contributed by atoms with Crippen molar-refractivity contribution in [1.29, 1.82) is 0 Å². The Hall–Kier alpha value is -1.62. The Bertz CT molecular complexity index is 406. The van der Waals surface area contributed by atoms with Crippen molar-refractivity contribution in [3.63, 3.8) is 0 Å². The van der Waals surface area contributed by atoms with E-state index >= 15 is 0 Å². The summed E-state index contributed by atoms with van der Waals surface area (Å²) in [5, 5.41) is 20.1. The highest BCUT2D eigenvalue weighted by Crippen LogP contribution is 2.50. The van der Waals surface area contributed by atoms with Crippen LogP contribution in [-0.4, -0.2) is 16.6 Å². The molecule has 1 fully saturated rings. The molecule has 5 heteroatoms. The first-order chi connectivity index (χ1) is 7.13. The minimum absolute atomic E-state index is 0.0678. The molecule has 0 amide bonds. The number of nitrogens with zero attached hydrogens (tertiary/aromatic N) is 1. The highest BCUT2D eigenvalue weighted by atomic mass is 16.6. The fraction of sp³-hybridized carbons (Fsp3) is 0.400. The van der Waals surface area contributed by atoms with E-state index in [0.29, 0.717) is 18.0 Å². The normalized spacial score (nSPS) is 23.8. The van der Waals surface area contributed by atoms with Gasteiger partial charge in [-0.3, -0.25) is 10.1 Å². The minimum atomic E-state index is -0.416.